The van der Waals surface area contributed by atoms with E-state index in [0.717, 1.165) is 31.8 Å². The Morgan fingerprint density at radius 2 is 1.35 bits per heavy atom. The Kier molecular flexibility index (Phi) is 12.2. The van der Waals surface area contributed by atoms with Crippen LogP contribution in [0.4, 0.5) is 0 Å². The van der Waals surface area contributed by atoms with E-state index in [-0.39, 0.29) is 18.0 Å². The van der Waals surface area contributed by atoms with E-state index < -0.39 is 17.9 Å². The minimum atomic E-state index is -0.472. The minimum absolute atomic E-state index is 0.259. The van der Waals surface area contributed by atoms with Crippen LogP contribution in [0.3, 0.4) is 0 Å². The van der Waals surface area contributed by atoms with Crippen molar-refractivity contribution < 1.29 is 42.9 Å². The van der Waals surface area contributed by atoms with Crippen molar-refractivity contribution in [2.24, 2.45) is 5.92 Å². The molecular weight excluding hydrogens is 516 g/mol. The van der Waals surface area contributed by atoms with Gasteiger partial charge < -0.3 is 23.7 Å². The van der Waals surface area contributed by atoms with E-state index in [1.165, 1.54) is 31.4 Å². The fourth-order valence-corrected chi connectivity index (χ4v) is 4.28. The second-order valence-electron chi connectivity index (χ2n) is 9.47. The number of ether oxygens (including phenoxy) is 5. The molecule has 0 spiro atoms. The first-order chi connectivity index (χ1) is 19.4. The third-order valence-electron chi connectivity index (χ3n) is 6.58. The minimum Gasteiger partial charge on any atom is -0.494 e. The maximum atomic E-state index is 12.7. The molecule has 3 rings (SSSR count). The lowest BCUT2D eigenvalue weighted by atomic mass is 9.87. The van der Waals surface area contributed by atoms with Gasteiger partial charge in [-0.15, -0.1) is 0 Å². The highest BCUT2D eigenvalue weighted by atomic mass is 16.5. The Bertz CT molecular complexity index is 1130. The standard InChI is InChI=1S/C31H36O9/c1-3-28(32)38-21-7-5-4-6-20-37-25-16-18-27(19-17-25)40-31(35)24-12-14-26(15-13-24)39-30(34)23-10-8-22(9-11-23)29(33)36-2/h3,8-11,16-19,24,26H,1,4-7,12-15,20-21H2,2H3. The molecule has 0 aromatic heterocycles. The van der Waals surface area contributed by atoms with Crippen molar-refractivity contribution in [1.29, 1.82) is 0 Å². The Balaban J connectivity index is 1.31. The Hall–Kier alpha value is -4.14. The number of benzene rings is 2. The molecule has 0 saturated heterocycles. The van der Waals surface area contributed by atoms with E-state index in [9.17, 15) is 19.2 Å². The van der Waals surface area contributed by atoms with Crippen LogP contribution in [0.5, 0.6) is 11.5 Å². The zero-order valence-corrected chi connectivity index (χ0v) is 22.8. The number of carbonyl (C=O) groups excluding carboxylic acids is 4. The molecule has 0 amide bonds. The van der Waals surface area contributed by atoms with Crippen molar-refractivity contribution in [3.63, 3.8) is 0 Å². The number of esters is 4. The monoisotopic (exact) mass is 552 g/mol. The lowest BCUT2D eigenvalue weighted by Gasteiger charge is -2.27. The number of unbranched alkanes of at least 4 members (excludes halogenated alkanes) is 3. The first-order valence-electron chi connectivity index (χ1n) is 13.5. The van der Waals surface area contributed by atoms with Gasteiger partial charge in [0.2, 0.25) is 0 Å². The summed E-state index contributed by atoms with van der Waals surface area (Å²) in [6.45, 7) is 4.32. The first-order valence-corrected chi connectivity index (χ1v) is 13.5. The molecule has 0 radical (unpaired) electrons. The summed E-state index contributed by atoms with van der Waals surface area (Å²) >= 11 is 0. The third kappa shape index (κ3) is 9.87. The lowest BCUT2D eigenvalue weighted by Crippen LogP contribution is -2.30. The van der Waals surface area contributed by atoms with Crippen LogP contribution in [0.15, 0.2) is 61.2 Å². The summed E-state index contributed by atoms with van der Waals surface area (Å²) in [5.74, 6) is -0.735. The summed E-state index contributed by atoms with van der Waals surface area (Å²) < 4.78 is 26.5. The molecule has 1 aliphatic carbocycles. The van der Waals surface area contributed by atoms with Crippen molar-refractivity contribution in [2.45, 2.75) is 57.5 Å². The molecule has 0 atom stereocenters. The van der Waals surface area contributed by atoms with Crippen LogP contribution >= 0.6 is 0 Å². The average Bonchev–Trinajstić information content (AvgIpc) is 2.99. The van der Waals surface area contributed by atoms with Crippen LogP contribution < -0.4 is 9.47 Å². The largest absolute Gasteiger partial charge is 0.494 e. The number of carbonyl (C=O) groups is 4. The normalized spacial score (nSPS) is 16.3. The molecule has 40 heavy (non-hydrogen) atoms. The maximum absolute atomic E-state index is 12.7. The molecule has 0 aliphatic heterocycles. The van der Waals surface area contributed by atoms with Crippen molar-refractivity contribution in [2.75, 3.05) is 20.3 Å². The van der Waals surface area contributed by atoms with Crippen LogP contribution in [-0.2, 0) is 23.8 Å². The Labute approximate surface area is 234 Å². The molecule has 9 heteroatoms. The fraction of sp³-hybridized carbons (Fsp3) is 0.419. The Morgan fingerprint density at radius 3 is 1.95 bits per heavy atom. The van der Waals surface area contributed by atoms with E-state index in [2.05, 4.69) is 11.3 Å². The SMILES string of the molecule is C=CC(=O)OCCCCCCOc1ccc(OC(=O)C2CCC(OC(=O)c3ccc(C(=O)OC)cc3)CC2)cc1. The van der Waals surface area contributed by atoms with Crippen molar-refractivity contribution in [3.05, 3.63) is 72.3 Å². The van der Waals surface area contributed by atoms with Crippen LogP contribution in [0, 0.1) is 5.92 Å². The topological polar surface area (TPSA) is 114 Å². The van der Waals surface area contributed by atoms with Gasteiger partial charge in [-0.3, -0.25) is 4.79 Å². The summed E-state index contributed by atoms with van der Waals surface area (Å²) in [6, 6.07) is 13.1. The number of hydrogen-bond donors (Lipinski definition) is 0. The summed E-state index contributed by atoms with van der Waals surface area (Å²) in [5.41, 5.74) is 0.708. The second kappa shape index (κ2) is 16.1. The number of methoxy groups -OCH3 is 1. The third-order valence-corrected chi connectivity index (χ3v) is 6.58. The zero-order valence-electron chi connectivity index (χ0n) is 22.8. The lowest BCUT2D eigenvalue weighted by molar-refractivity contribution is -0.140. The summed E-state index contributed by atoms with van der Waals surface area (Å²) in [7, 11) is 1.30. The molecule has 0 unspecified atom stereocenters. The molecule has 1 fully saturated rings. The highest BCUT2D eigenvalue weighted by Gasteiger charge is 2.30. The van der Waals surface area contributed by atoms with Gasteiger partial charge in [-0.05, 0) is 99.9 Å². The van der Waals surface area contributed by atoms with Gasteiger partial charge in [0.1, 0.15) is 17.6 Å². The first kappa shape index (κ1) is 30.4. The van der Waals surface area contributed by atoms with Gasteiger partial charge in [0.15, 0.2) is 0 Å². The fourth-order valence-electron chi connectivity index (χ4n) is 4.28. The molecule has 0 N–H and O–H groups in total. The summed E-state index contributed by atoms with van der Waals surface area (Å²) in [6.07, 6.45) is 6.75. The van der Waals surface area contributed by atoms with E-state index >= 15 is 0 Å². The smallest absolute Gasteiger partial charge is 0.338 e. The quantitative estimate of drug-likeness (QED) is 0.0990. The van der Waals surface area contributed by atoms with Gasteiger partial charge in [-0.25, -0.2) is 14.4 Å². The highest BCUT2D eigenvalue weighted by molar-refractivity contribution is 5.93. The maximum Gasteiger partial charge on any atom is 0.338 e. The average molecular weight is 553 g/mol. The second-order valence-corrected chi connectivity index (χ2v) is 9.47. The van der Waals surface area contributed by atoms with Gasteiger partial charge in [0.05, 0.1) is 37.4 Å². The van der Waals surface area contributed by atoms with E-state index in [4.69, 9.17) is 18.9 Å². The van der Waals surface area contributed by atoms with Crippen LogP contribution in [0.2, 0.25) is 0 Å². The van der Waals surface area contributed by atoms with Gasteiger partial charge >= 0.3 is 23.9 Å². The van der Waals surface area contributed by atoms with Crippen molar-refractivity contribution in [3.8, 4) is 11.5 Å². The number of hydrogen-bond acceptors (Lipinski definition) is 9. The molecule has 1 aliphatic rings. The molecule has 2 aromatic carbocycles. The van der Waals surface area contributed by atoms with Gasteiger partial charge in [-0.1, -0.05) is 6.58 Å². The molecule has 214 valence electrons. The molecule has 0 bridgehead atoms. The van der Waals surface area contributed by atoms with Gasteiger partial charge in [0.25, 0.3) is 0 Å². The van der Waals surface area contributed by atoms with Gasteiger partial charge in [-0.2, -0.15) is 0 Å². The van der Waals surface area contributed by atoms with Crippen LogP contribution in [0.1, 0.15) is 72.1 Å². The zero-order chi connectivity index (χ0) is 28.7. The molecular formula is C31H36O9. The molecule has 1 saturated carbocycles. The number of rotatable bonds is 14. The summed E-state index contributed by atoms with van der Waals surface area (Å²) in [5, 5.41) is 0. The van der Waals surface area contributed by atoms with Crippen molar-refractivity contribution >= 4 is 23.9 Å². The summed E-state index contributed by atoms with van der Waals surface area (Å²) in [4.78, 5) is 47.6. The van der Waals surface area contributed by atoms with E-state index in [1.54, 1.807) is 24.3 Å². The van der Waals surface area contributed by atoms with E-state index in [1.807, 2.05) is 0 Å². The Morgan fingerprint density at radius 1 is 0.775 bits per heavy atom. The molecule has 0 heterocycles. The predicted molar refractivity (Wildman–Crippen MR) is 146 cm³/mol. The van der Waals surface area contributed by atoms with Crippen LogP contribution in [0.25, 0.3) is 0 Å². The highest BCUT2D eigenvalue weighted by Crippen LogP contribution is 2.29. The van der Waals surface area contributed by atoms with Crippen LogP contribution in [-0.4, -0.2) is 50.3 Å². The predicted octanol–water partition coefficient (Wildman–Crippen LogP) is 5.46. The van der Waals surface area contributed by atoms with E-state index in [0.29, 0.717) is 61.5 Å². The van der Waals surface area contributed by atoms with Crippen molar-refractivity contribution in [1.82, 2.24) is 0 Å². The van der Waals surface area contributed by atoms with Gasteiger partial charge in [0, 0.05) is 6.08 Å². The molecule has 9 nitrogen and oxygen atoms in total. The molecule has 2 aromatic rings.